The number of benzene rings is 1. The molecule has 0 spiro atoms. The minimum atomic E-state index is -0.203. The number of hydrogen-bond acceptors (Lipinski definition) is 5. The summed E-state index contributed by atoms with van der Waals surface area (Å²) in [5.74, 6) is 0.962. The maximum absolute atomic E-state index is 12.4. The van der Waals surface area contributed by atoms with E-state index in [9.17, 15) is 4.79 Å². The number of carbonyl (C=O) groups excluding carboxylic acids is 1. The van der Waals surface area contributed by atoms with Crippen LogP contribution in [0.25, 0.3) is 0 Å². The minimum Gasteiger partial charge on any atom is -0.491 e. The first-order valence-electron chi connectivity index (χ1n) is 8.70. The number of nitrogens with zero attached hydrogens (tertiary/aromatic N) is 1. The molecule has 1 amide bonds. The third-order valence-electron chi connectivity index (χ3n) is 3.54. The molecule has 0 unspecified atom stereocenters. The molecule has 0 aliphatic heterocycles. The Morgan fingerprint density at radius 3 is 2.62 bits per heavy atom. The second-order valence-electron chi connectivity index (χ2n) is 6.01. The number of carbonyl (C=O) groups is 1. The normalized spacial score (nSPS) is 10.6. The molecule has 0 bridgehead atoms. The Morgan fingerprint density at radius 1 is 1.15 bits per heavy atom. The van der Waals surface area contributed by atoms with Crippen LogP contribution in [0, 0.1) is 0 Å². The van der Waals surface area contributed by atoms with Gasteiger partial charge in [0.15, 0.2) is 0 Å². The van der Waals surface area contributed by atoms with Gasteiger partial charge in [-0.25, -0.2) is 4.98 Å². The molecule has 1 heterocycles. The van der Waals surface area contributed by atoms with Gasteiger partial charge in [0.2, 0.25) is 5.88 Å². The summed E-state index contributed by atoms with van der Waals surface area (Å²) < 4.78 is 16.1. The van der Waals surface area contributed by atoms with E-state index in [4.69, 9.17) is 14.2 Å². The van der Waals surface area contributed by atoms with E-state index in [1.807, 2.05) is 38.1 Å². The van der Waals surface area contributed by atoms with Gasteiger partial charge in [0.25, 0.3) is 5.91 Å². The molecule has 6 nitrogen and oxygen atoms in total. The van der Waals surface area contributed by atoms with E-state index in [2.05, 4.69) is 10.3 Å². The van der Waals surface area contributed by atoms with E-state index < -0.39 is 0 Å². The molecular weight excluding hydrogens is 332 g/mol. The molecule has 1 N–H and O–H groups in total. The lowest BCUT2D eigenvalue weighted by Gasteiger charge is -2.11. The summed E-state index contributed by atoms with van der Waals surface area (Å²) in [5.41, 5.74) is 1.55. The molecule has 26 heavy (non-hydrogen) atoms. The Hall–Kier alpha value is -2.60. The number of rotatable bonds is 10. The van der Waals surface area contributed by atoms with Crippen LogP contribution in [0.5, 0.6) is 11.6 Å². The molecule has 0 saturated carbocycles. The molecule has 0 aliphatic carbocycles. The molecule has 2 rings (SSSR count). The highest BCUT2D eigenvalue weighted by Gasteiger charge is 2.13. The van der Waals surface area contributed by atoms with Crippen LogP contribution in [0.15, 0.2) is 42.6 Å². The first-order chi connectivity index (χ1) is 12.6. The summed E-state index contributed by atoms with van der Waals surface area (Å²) >= 11 is 0. The van der Waals surface area contributed by atoms with Crippen molar-refractivity contribution < 1.29 is 19.0 Å². The van der Waals surface area contributed by atoms with E-state index in [1.165, 1.54) is 0 Å². The number of nitrogens with one attached hydrogen (secondary N) is 1. The van der Waals surface area contributed by atoms with Crippen LogP contribution in [0.2, 0.25) is 0 Å². The van der Waals surface area contributed by atoms with Gasteiger partial charge in [0.1, 0.15) is 17.9 Å². The SMILES string of the molecule is COCCOc1ncccc1C(=O)NCCc1ccc(OC(C)C)cc1. The number of hydrogen-bond donors (Lipinski definition) is 1. The zero-order valence-corrected chi connectivity index (χ0v) is 15.5. The van der Waals surface area contributed by atoms with Crippen LogP contribution in [-0.4, -0.2) is 43.9 Å². The lowest BCUT2D eigenvalue weighted by Crippen LogP contribution is -2.26. The van der Waals surface area contributed by atoms with E-state index >= 15 is 0 Å². The predicted molar refractivity (Wildman–Crippen MR) is 99.9 cm³/mol. The Bertz CT molecular complexity index is 686. The molecule has 1 aromatic carbocycles. The van der Waals surface area contributed by atoms with Crippen LogP contribution in [0.1, 0.15) is 29.8 Å². The van der Waals surface area contributed by atoms with Gasteiger partial charge in [-0.2, -0.15) is 0 Å². The fourth-order valence-electron chi connectivity index (χ4n) is 2.32. The van der Waals surface area contributed by atoms with Gasteiger partial charge >= 0.3 is 0 Å². The van der Waals surface area contributed by atoms with Gasteiger partial charge in [-0.05, 0) is 50.1 Å². The van der Waals surface area contributed by atoms with E-state index in [1.54, 1.807) is 25.4 Å². The first kappa shape index (κ1) is 19.7. The fourth-order valence-corrected chi connectivity index (χ4v) is 2.32. The van der Waals surface area contributed by atoms with Crippen LogP contribution in [0.4, 0.5) is 0 Å². The van der Waals surface area contributed by atoms with Gasteiger partial charge < -0.3 is 19.5 Å². The highest BCUT2D eigenvalue weighted by molar-refractivity contribution is 5.96. The minimum absolute atomic E-state index is 0.153. The number of aromatic nitrogens is 1. The summed E-state index contributed by atoms with van der Waals surface area (Å²) in [5, 5.41) is 2.90. The molecular formula is C20H26N2O4. The van der Waals surface area contributed by atoms with Crippen molar-refractivity contribution in [1.82, 2.24) is 10.3 Å². The monoisotopic (exact) mass is 358 g/mol. The maximum atomic E-state index is 12.4. The van der Waals surface area contributed by atoms with Crippen molar-refractivity contribution in [2.24, 2.45) is 0 Å². The average molecular weight is 358 g/mol. The quantitative estimate of drug-likeness (QED) is 0.662. The largest absolute Gasteiger partial charge is 0.491 e. The topological polar surface area (TPSA) is 69.7 Å². The third-order valence-corrected chi connectivity index (χ3v) is 3.54. The van der Waals surface area contributed by atoms with Crippen molar-refractivity contribution >= 4 is 5.91 Å². The van der Waals surface area contributed by atoms with Gasteiger partial charge in [0, 0.05) is 19.9 Å². The molecule has 0 fully saturated rings. The maximum Gasteiger partial charge on any atom is 0.256 e. The molecule has 140 valence electrons. The number of pyridine rings is 1. The second kappa shape index (κ2) is 10.4. The van der Waals surface area contributed by atoms with E-state index in [-0.39, 0.29) is 12.0 Å². The Balaban J connectivity index is 1.85. The van der Waals surface area contributed by atoms with Gasteiger partial charge in [-0.15, -0.1) is 0 Å². The Labute approximate surface area is 154 Å². The van der Waals surface area contributed by atoms with Gasteiger partial charge in [-0.3, -0.25) is 4.79 Å². The lowest BCUT2D eigenvalue weighted by atomic mass is 10.1. The molecule has 1 aromatic heterocycles. The third kappa shape index (κ3) is 6.37. The van der Waals surface area contributed by atoms with Crippen LogP contribution >= 0.6 is 0 Å². The fraction of sp³-hybridized carbons (Fsp3) is 0.400. The van der Waals surface area contributed by atoms with Crippen molar-refractivity contribution in [3.8, 4) is 11.6 Å². The second-order valence-corrected chi connectivity index (χ2v) is 6.01. The van der Waals surface area contributed by atoms with Gasteiger partial charge in [0.05, 0.1) is 12.7 Å². The van der Waals surface area contributed by atoms with Crippen molar-refractivity contribution in [3.63, 3.8) is 0 Å². The predicted octanol–water partition coefficient (Wildman–Crippen LogP) is 2.87. The number of ether oxygens (including phenoxy) is 3. The molecule has 2 aromatic rings. The van der Waals surface area contributed by atoms with Crippen LogP contribution in [-0.2, 0) is 11.2 Å². The standard InChI is InChI=1S/C20H26N2O4/c1-15(2)26-17-8-6-16(7-9-17)10-12-21-19(23)18-5-4-11-22-20(18)25-14-13-24-3/h4-9,11,15H,10,12-14H2,1-3H3,(H,21,23). The van der Waals surface area contributed by atoms with Gasteiger partial charge in [-0.1, -0.05) is 12.1 Å². The summed E-state index contributed by atoms with van der Waals surface area (Å²) in [7, 11) is 1.59. The van der Waals surface area contributed by atoms with Crippen molar-refractivity contribution in [2.45, 2.75) is 26.4 Å². The zero-order valence-electron chi connectivity index (χ0n) is 15.5. The highest BCUT2D eigenvalue weighted by Crippen LogP contribution is 2.15. The molecule has 0 aliphatic rings. The highest BCUT2D eigenvalue weighted by atomic mass is 16.5. The Kier molecular flexibility index (Phi) is 7.89. The lowest BCUT2D eigenvalue weighted by molar-refractivity contribution is 0.0944. The molecule has 0 saturated heterocycles. The van der Waals surface area contributed by atoms with Crippen molar-refractivity contribution in [1.29, 1.82) is 0 Å². The molecule has 0 radical (unpaired) electrons. The number of amides is 1. The van der Waals surface area contributed by atoms with E-state index in [0.29, 0.717) is 31.2 Å². The molecule has 0 atom stereocenters. The summed E-state index contributed by atoms with van der Waals surface area (Å²) in [4.78, 5) is 16.5. The summed E-state index contributed by atoms with van der Waals surface area (Å²) in [6.45, 7) is 5.30. The van der Waals surface area contributed by atoms with Crippen LogP contribution in [0.3, 0.4) is 0 Å². The van der Waals surface area contributed by atoms with Crippen molar-refractivity contribution in [3.05, 3.63) is 53.7 Å². The molecule has 6 heteroatoms. The summed E-state index contributed by atoms with van der Waals surface area (Å²) in [6, 6.07) is 11.3. The summed E-state index contributed by atoms with van der Waals surface area (Å²) in [6.07, 6.45) is 2.48. The first-order valence-corrected chi connectivity index (χ1v) is 8.70. The van der Waals surface area contributed by atoms with Crippen molar-refractivity contribution in [2.75, 3.05) is 26.9 Å². The van der Waals surface area contributed by atoms with Crippen LogP contribution < -0.4 is 14.8 Å². The zero-order chi connectivity index (χ0) is 18.8. The smallest absolute Gasteiger partial charge is 0.256 e. The average Bonchev–Trinajstić information content (AvgIpc) is 2.63. The Morgan fingerprint density at radius 2 is 1.92 bits per heavy atom. The number of methoxy groups -OCH3 is 1. The van der Waals surface area contributed by atoms with E-state index in [0.717, 1.165) is 17.7 Å².